The minimum Gasteiger partial charge on any atom is -0.445 e. The molecule has 0 fully saturated rings. The van der Waals surface area contributed by atoms with Crippen molar-refractivity contribution in [3.05, 3.63) is 30.2 Å². The number of sulfonamides is 1. The lowest BCUT2D eigenvalue weighted by molar-refractivity contribution is 0.463. The van der Waals surface area contributed by atoms with Crippen LogP contribution in [0.5, 0.6) is 0 Å². The van der Waals surface area contributed by atoms with Crippen molar-refractivity contribution in [2.75, 3.05) is 0 Å². The first-order valence-corrected chi connectivity index (χ1v) is 5.96. The van der Waals surface area contributed by atoms with E-state index >= 15 is 0 Å². The average molecular weight is 242 g/mol. The highest BCUT2D eigenvalue weighted by molar-refractivity contribution is 7.89. The van der Waals surface area contributed by atoms with Gasteiger partial charge in [0.25, 0.3) is 10.0 Å². The first-order valence-electron chi connectivity index (χ1n) is 4.48. The number of hydrogen-bond donors (Lipinski definition) is 2. The molecular weight excluding hydrogens is 232 g/mol. The van der Waals surface area contributed by atoms with Gasteiger partial charge in [-0.1, -0.05) is 0 Å². The Morgan fingerprint density at radius 1 is 1.50 bits per heavy atom. The number of nitrogens with zero attached hydrogens (tertiary/aromatic N) is 2. The fourth-order valence-corrected chi connectivity index (χ4v) is 1.98. The number of aromatic nitrogens is 3. The zero-order valence-electron chi connectivity index (χ0n) is 8.47. The second-order valence-corrected chi connectivity index (χ2v) is 4.77. The second kappa shape index (κ2) is 4.06. The topological polar surface area (TPSA) is 101 Å². The van der Waals surface area contributed by atoms with E-state index < -0.39 is 10.0 Å². The van der Waals surface area contributed by atoms with Crippen LogP contribution in [0.1, 0.15) is 11.7 Å². The summed E-state index contributed by atoms with van der Waals surface area (Å²) in [6.45, 7) is 1.73. The molecule has 8 heteroatoms. The lowest BCUT2D eigenvalue weighted by atomic mass is 10.6. The lowest BCUT2D eigenvalue weighted by Crippen LogP contribution is -2.24. The molecule has 0 spiro atoms. The zero-order valence-corrected chi connectivity index (χ0v) is 9.28. The molecule has 0 saturated carbocycles. The minimum absolute atomic E-state index is 0.00310. The number of hydrogen-bond acceptors (Lipinski definition) is 5. The Bertz CT molecular complexity index is 558. The van der Waals surface area contributed by atoms with Gasteiger partial charge in [0.05, 0.1) is 12.7 Å². The molecule has 0 amide bonds. The van der Waals surface area contributed by atoms with Crippen LogP contribution in [0.4, 0.5) is 0 Å². The molecule has 0 radical (unpaired) electrons. The molecule has 2 aromatic heterocycles. The third-order valence-corrected chi connectivity index (χ3v) is 3.07. The summed E-state index contributed by atoms with van der Waals surface area (Å²) in [6.07, 6.45) is 4.32. The summed E-state index contributed by atoms with van der Waals surface area (Å²) in [5.74, 6) is 0.944. The predicted molar refractivity (Wildman–Crippen MR) is 53.9 cm³/mol. The van der Waals surface area contributed by atoms with Crippen molar-refractivity contribution >= 4 is 10.0 Å². The highest BCUT2D eigenvalue weighted by atomic mass is 32.2. The van der Waals surface area contributed by atoms with E-state index in [0.29, 0.717) is 11.7 Å². The van der Waals surface area contributed by atoms with E-state index in [9.17, 15) is 8.42 Å². The van der Waals surface area contributed by atoms with Crippen molar-refractivity contribution in [2.24, 2.45) is 0 Å². The highest BCUT2D eigenvalue weighted by Crippen LogP contribution is 2.04. The van der Waals surface area contributed by atoms with Crippen molar-refractivity contribution < 1.29 is 12.8 Å². The molecule has 2 rings (SSSR count). The standard InChI is InChI=1S/C8H10N4O3S/c1-6-4-11-7(15-6)5-12-16(13,14)8-9-2-3-10-8/h2-4,12H,5H2,1H3,(H,9,10). The largest absolute Gasteiger partial charge is 0.445 e. The normalized spacial score (nSPS) is 11.8. The van der Waals surface area contributed by atoms with Crippen molar-refractivity contribution in [3.8, 4) is 0 Å². The monoisotopic (exact) mass is 242 g/mol. The average Bonchev–Trinajstić information content (AvgIpc) is 2.85. The van der Waals surface area contributed by atoms with Crippen molar-refractivity contribution in [2.45, 2.75) is 18.6 Å². The Balaban J connectivity index is 2.06. The molecule has 7 nitrogen and oxygen atoms in total. The fraction of sp³-hybridized carbons (Fsp3) is 0.250. The van der Waals surface area contributed by atoms with E-state index in [1.165, 1.54) is 18.6 Å². The molecule has 2 heterocycles. The zero-order chi connectivity index (χ0) is 11.6. The summed E-state index contributed by atoms with van der Waals surface area (Å²) in [4.78, 5) is 10.0. The summed E-state index contributed by atoms with van der Waals surface area (Å²) >= 11 is 0. The van der Waals surface area contributed by atoms with Crippen LogP contribution in [0.2, 0.25) is 0 Å². The van der Waals surface area contributed by atoms with Crippen LogP contribution in [0.15, 0.2) is 28.2 Å². The number of rotatable bonds is 4. The fourth-order valence-electron chi connectivity index (χ4n) is 1.11. The van der Waals surface area contributed by atoms with Gasteiger partial charge in [-0.05, 0) is 6.92 Å². The van der Waals surface area contributed by atoms with Gasteiger partial charge in [0.15, 0.2) is 0 Å². The van der Waals surface area contributed by atoms with Crippen LogP contribution in [-0.2, 0) is 16.6 Å². The number of imidazole rings is 1. The van der Waals surface area contributed by atoms with Gasteiger partial charge in [-0.25, -0.2) is 18.4 Å². The second-order valence-electron chi connectivity index (χ2n) is 3.08. The molecule has 0 aliphatic carbocycles. The minimum atomic E-state index is -3.62. The summed E-state index contributed by atoms with van der Waals surface area (Å²) in [7, 11) is -3.62. The van der Waals surface area contributed by atoms with Crippen LogP contribution in [0.25, 0.3) is 0 Å². The lowest BCUT2D eigenvalue weighted by Gasteiger charge is -2.00. The van der Waals surface area contributed by atoms with Gasteiger partial charge in [0, 0.05) is 12.4 Å². The van der Waals surface area contributed by atoms with E-state index in [4.69, 9.17) is 4.42 Å². The first kappa shape index (κ1) is 10.8. The molecule has 0 aromatic carbocycles. The number of nitrogens with one attached hydrogen (secondary N) is 2. The maximum atomic E-state index is 11.6. The Hall–Kier alpha value is -1.67. The van der Waals surface area contributed by atoms with Crippen LogP contribution < -0.4 is 4.72 Å². The van der Waals surface area contributed by atoms with Crippen LogP contribution in [-0.4, -0.2) is 23.4 Å². The first-order chi connectivity index (χ1) is 7.58. The third kappa shape index (κ3) is 2.28. The van der Waals surface area contributed by atoms with E-state index in [1.807, 2.05) is 0 Å². The number of aryl methyl sites for hydroxylation is 1. The quantitative estimate of drug-likeness (QED) is 0.796. The number of aromatic amines is 1. The molecule has 0 atom stereocenters. The molecule has 0 aliphatic rings. The van der Waals surface area contributed by atoms with E-state index in [1.54, 1.807) is 6.92 Å². The van der Waals surface area contributed by atoms with Crippen LogP contribution in [0, 0.1) is 6.92 Å². The number of oxazole rings is 1. The van der Waals surface area contributed by atoms with Crippen molar-refractivity contribution in [1.29, 1.82) is 0 Å². The van der Waals surface area contributed by atoms with E-state index in [0.717, 1.165) is 0 Å². The summed E-state index contributed by atoms with van der Waals surface area (Å²) in [5.41, 5.74) is 0. The van der Waals surface area contributed by atoms with Gasteiger partial charge in [-0.2, -0.15) is 4.72 Å². The molecule has 0 bridgehead atoms. The van der Waals surface area contributed by atoms with Crippen LogP contribution >= 0.6 is 0 Å². The Kier molecular flexibility index (Phi) is 2.75. The van der Waals surface area contributed by atoms with Crippen molar-refractivity contribution in [1.82, 2.24) is 19.7 Å². The maximum absolute atomic E-state index is 11.6. The molecule has 0 aliphatic heterocycles. The van der Waals surface area contributed by atoms with Gasteiger partial charge in [0.1, 0.15) is 5.76 Å². The SMILES string of the molecule is Cc1cnc(CNS(=O)(=O)c2ncc[nH]2)o1. The van der Waals surface area contributed by atoms with Gasteiger partial charge >= 0.3 is 0 Å². The number of H-pyrrole nitrogens is 1. The molecular formula is C8H10N4O3S. The third-order valence-electron chi connectivity index (χ3n) is 1.81. The Morgan fingerprint density at radius 3 is 2.88 bits per heavy atom. The van der Waals surface area contributed by atoms with Gasteiger partial charge in [-0.15, -0.1) is 0 Å². The van der Waals surface area contributed by atoms with Crippen LogP contribution in [0.3, 0.4) is 0 Å². The summed E-state index contributed by atoms with van der Waals surface area (Å²) in [6, 6.07) is 0. The summed E-state index contributed by atoms with van der Waals surface area (Å²) in [5, 5.41) is -0.129. The van der Waals surface area contributed by atoms with Gasteiger partial charge in [0.2, 0.25) is 11.0 Å². The molecule has 0 unspecified atom stereocenters. The van der Waals surface area contributed by atoms with E-state index in [-0.39, 0.29) is 11.7 Å². The van der Waals surface area contributed by atoms with Crippen molar-refractivity contribution in [3.63, 3.8) is 0 Å². The molecule has 16 heavy (non-hydrogen) atoms. The van der Waals surface area contributed by atoms with Gasteiger partial charge < -0.3 is 9.40 Å². The highest BCUT2D eigenvalue weighted by Gasteiger charge is 2.17. The van der Waals surface area contributed by atoms with E-state index in [2.05, 4.69) is 19.7 Å². The smallest absolute Gasteiger partial charge is 0.274 e. The molecule has 86 valence electrons. The summed E-state index contributed by atoms with van der Waals surface area (Å²) < 4.78 is 30.6. The maximum Gasteiger partial charge on any atom is 0.274 e. The van der Waals surface area contributed by atoms with Gasteiger partial charge in [-0.3, -0.25) is 0 Å². The molecule has 2 N–H and O–H groups in total. The Labute approximate surface area is 92.0 Å². The Morgan fingerprint density at radius 2 is 2.31 bits per heavy atom. The molecule has 2 aromatic rings. The predicted octanol–water partition coefficient (Wildman–Crippen LogP) is 0.185. The molecule has 0 saturated heterocycles.